The number of fused-ring (bicyclic) bond motifs is 1. The molecule has 1 saturated heterocycles. The Morgan fingerprint density at radius 3 is 2.46 bits per heavy atom. The largest absolute Gasteiger partial charge is 0.383 e. The van der Waals surface area contributed by atoms with Crippen molar-refractivity contribution >= 4 is 69.2 Å². The fourth-order valence-electron chi connectivity index (χ4n) is 5.25. The molecule has 0 saturated carbocycles. The number of hydrogen-bond acceptors (Lipinski definition) is 10. The molecule has 0 radical (unpaired) electrons. The molecule has 2 heterocycles. The Morgan fingerprint density at radius 1 is 0.900 bits per heavy atom. The topological polar surface area (TPSA) is 167 Å². The predicted molar refractivity (Wildman–Crippen MR) is 182 cm³/mol. The maximum atomic E-state index is 14.6. The van der Waals surface area contributed by atoms with E-state index in [1.807, 2.05) is 22.6 Å². The van der Waals surface area contributed by atoms with Crippen molar-refractivity contribution in [1.82, 2.24) is 21.0 Å². The number of hydrogen-bond donors (Lipinski definition) is 5. The number of piperidine rings is 1. The van der Waals surface area contributed by atoms with E-state index in [-0.39, 0.29) is 41.8 Å². The van der Waals surface area contributed by atoms with E-state index in [9.17, 15) is 37.1 Å². The van der Waals surface area contributed by atoms with Gasteiger partial charge in [-0.2, -0.15) is 0 Å². The number of hydroxylamine groups is 1. The lowest BCUT2D eigenvalue weighted by atomic mass is 10.0. The van der Waals surface area contributed by atoms with E-state index in [1.165, 1.54) is 18.2 Å². The number of carbonyl (C=O) groups excluding carboxylic acids is 5. The second-order valence-electron chi connectivity index (χ2n) is 11.2. The van der Waals surface area contributed by atoms with Gasteiger partial charge in [0.15, 0.2) is 11.6 Å². The van der Waals surface area contributed by atoms with Gasteiger partial charge >= 0.3 is 0 Å². The quantitative estimate of drug-likeness (QED) is 0.0625. The van der Waals surface area contributed by atoms with Crippen molar-refractivity contribution in [3.63, 3.8) is 0 Å². The number of anilines is 3. The van der Waals surface area contributed by atoms with Gasteiger partial charge in [-0.25, -0.2) is 18.7 Å². The molecule has 2 aliphatic heterocycles. The van der Waals surface area contributed by atoms with Gasteiger partial charge in [-0.1, -0.05) is 0 Å². The van der Waals surface area contributed by atoms with Crippen LogP contribution in [-0.4, -0.2) is 79.9 Å². The maximum absolute atomic E-state index is 14.6. The third-order valence-electron chi connectivity index (χ3n) is 7.73. The highest BCUT2D eigenvalue weighted by molar-refractivity contribution is 14.1. The monoisotopic (exact) mass is 808 g/mol. The number of benzene rings is 3. The van der Waals surface area contributed by atoms with E-state index in [2.05, 4.69) is 26.7 Å². The molecule has 0 aliphatic carbocycles. The first-order valence-corrected chi connectivity index (χ1v) is 16.6. The van der Waals surface area contributed by atoms with Crippen LogP contribution in [0.25, 0.3) is 0 Å². The van der Waals surface area contributed by atoms with E-state index in [0.717, 1.165) is 17.0 Å². The van der Waals surface area contributed by atoms with Gasteiger partial charge in [-0.15, -0.1) is 0 Å². The number of nitrogens with one attached hydrogen (secondary N) is 5. The van der Waals surface area contributed by atoms with Crippen molar-refractivity contribution in [2.24, 2.45) is 0 Å². The lowest BCUT2D eigenvalue weighted by Crippen LogP contribution is -2.54. The Hall–Kier alpha value is -4.59. The fraction of sp³-hybridized carbons (Fsp3) is 0.303. The highest BCUT2D eigenvalue weighted by Gasteiger charge is 2.44. The zero-order chi connectivity index (χ0) is 35.8. The summed E-state index contributed by atoms with van der Waals surface area (Å²) in [6, 6.07) is 9.68. The molecule has 5 rings (SSSR count). The van der Waals surface area contributed by atoms with Crippen molar-refractivity contribution in [3.8, 4) is 0 Å². The summed E-state index contributed by atoms with van der Waals surface area (Å²) in [5.41, 5.74) is 2.23. The predicted octanol–water partition coefficient (Wildman–Crippen LogP) is 3.62. The second kappa shape index (κ2) is 16.9. The Morgan fingerprint density at radius 2 is 1.68 bits per heavy atom. The molecule has 3 aromatic rings. The first-order chi connectivity index (χ1) is 24.0. The average Bonchev–Trinajstić information content (AvgIpc) is 3.33. The molecule has 3 aromatic carbocycles. The van der Waals surface area contributed by atoms with Crippen LogP contribution in [0, 0.1) is 21.0 Å². The zero-order valence-electron chi connectivity index (χ0n) is 26.4. The van der Waals surface area contributed by atoms with E-state index in [4.69, 9.17) is 9.57 Å². The summed E-state index contributed by atoms with van der Waals surface area (Å²) in [5, 5.41) is 10.9. The molecule has 1 atom stereocenters. The van der Waals surface area contributed by atoms with Crippen molar-refractivity contribution in [1.29, 1.82) is 0 Å². The van der Waals surface area contributed by atoms with Gasteiger partial charge in [0, 0.05) is 28.8 Å². The van der Waals surface area contributed by atoms with Crippen LogP contribution in [0.3, 0.4) is 0 Å². The third-order valence-corrected chi connectivity index (χ3v) is 8.40. The Balaban J connectivity index is 0.951. The third kappa shape index (κ3) is 8.76. The van der Waals surface area contributed by atoms with Gasteiger partial charge in [0.25, 0.3) is 17.7 Å². The van der Waals surface area contributed by atoms with Crippen LogP contribution in [0.1, 0.15) is 50.3 Å². The Bertz CT molecular complexity index is 1810. The number of carbonyl (C=O) groups is 5. The normalized spacial score (nSPS) is 15.6. The van der Waals surface area contributed by atoms with Crippen molar-refractivity contribution in [2.45, 2.75) is 25.3 Å². The average molecular weight is 809 g/mol. The van der Waals surface area contributed by atoms with Crippen molar-refractivity contribution in [3.05, 3.63) is 86.2 Å². The van der Waals surface area contributed by atoms with Gasteiger partial charge in [0.05, 0.1) is 47.9 Å². The van der Waals surface area contributed by atoms with Gasteiger partial charge in [-0.3, -0.25) is 39.0 Å². The number of ether oxygens (including phenoxy) is 1. The first kappa shape index (κ1) is 36.7. The summed E-state index contributed by atoms with van der Waals surface area (Å²) >= 11 is 1.91. The Kier molecular flexibility index (Phi) is 12.4. The molecule has 264 valence electrons. The van der Waals surface area contributed by atoms with Crippen LogP contribution in [0.15, 0.2) is 48.5 Å². The lowest BCUT2D eigenvalue weighted by Gasteiger charge is -2.27. The van der Waals surface area contributed by atoms with E-state index < -0.39 is 58.7 Å². The molecule has 13 nitrogen and oxygen atoms in total. The molecule has 2 aliphatic rings. The summed E-state index contributed by atoms with van der Waals surface area (Å²) in [7, 11) is 0. The number of amides is 5. The lowest BCUT2D eigenvalue weighted by molar-refractivity contribution is -0.136. The van der Waals surface area contributed by atoms with Crippen molar-refractivity contribution < 1.29 is 46.7 Å². The van der Waals surface area contributed by atoms with Crippen LogP contribution < -0.4 is 26.7 Å². The molecule has 0 spiro atoms. The number of halogens is 4. The molecule has 1 unspecified atom stereocenters. The number of rotatable bonds is 16. The molecule has 5 N–H and O–H groups in total. The molecule has 5 amide bonds. The molecular formula is C33H32F3IN6O7. The van der Waals surface area contributed by atoms with Crippen LogP contribution in [-0.2, 0) is 19.2 Å². The summed E-state index contributed by atoms with van der Waals surface area (Å²) in [6.07, 6.45) is 0.629. The van der Waals surface area contributed by atoms with Crippen LogP contribution >= 0.6 is 22.6 Å². The van der Waals surface area contributed by atoms with Gasteiger partial charge in [0.1, 0.15) is 11.9 Å². The standard InChI is InChI=1S/C33H32F3IN6O7/c34-23-6-5-21(29(28(23)36)40-25-7-2-18(37)16-24(25)35)30(45)42-50-13-1-10-38-11-14-49-15-12-39-19-3-4-20-22(17-19)33(48)43(32(20)47)26-8-9-27(44)41-31(26)46/h2-7,16-17,26,38-40H,1,8-15H2,(H,42,45)(H,41,44,46). The molecular weight excluding hydrogens is 776 g/mol. The van der Waals surface area contributed by atoms with Crippen LogP contribution in [0.2, 0.25) is 0 Å². The first-order valence-electron chi connectivity index (χ1n) is 15.6. The highest BCUT2D eigenvalue weighted by Crippen LogP contribution is 2.30. The summed E-state index contributed by atoms with van der Waals surface area (Å²) in [6.45, 7) is 2.32. The van der Waals surface area contributed by atoms with Gasteiger partial charge in [0.2, 0.25) is 11.8 Å². The zero-order valence-corrected chi connectivity index (χ0v) is 28.5. The molecule has 0 aromatic heterocycles. The molecule has 0 bridgehead atoms. The van der Waals surface area contributed by atoms with Crippen LogP contribution in [0.4, 0.5) is 30.2 Å². The summed E-state index contributed by atoms with van der Waals surface area (Å²) in [4.78, 5) is 68.2. The van der Waals surface area contributed by atoms with Gasteiger partial charge in [-0.05, 0) is 90.5 Å². The minimum Gasteiger partial charge on any atom is -0.383 e. The second-order valence-corrected chi connectivity index (χ2v) is 12.4. The highest BCUT2D eigenvalue weighted by atomic mass is 127. The van der Waals surface area contributed by atoms with E-state index in [1.54, 1.807) is 18.2 Å². The number of nitrogens with zero attached hydrogens (tertiary/aromatic N) is 1. The summed E-state index contributed by atoms with van der Waals surface area (Å²) < 4.78 is 49.0. The minimum atomic E-state index is -1.34. The minimum absolute atomic E-state index is 0.0463. The van der Waals surface area contributed by atoms with Crippen molar-refractivity contribution in [2.75, 3.05) is 50.1 Å². The summed E-state index contributed by atoms with van der Waals surface area (Å²) in [5.74, 6) is -6.35. The molecule has 50 heavy (non-hydrogen) atoms. The van der Waals surface area contributed by atoms with E-state index >= 15 is 0 Å². The van der Waals surface area contributed by atoms with Gasteiger partial charge < -0.3 is 20.7 Å². The fourth-order valence-corrected chi connectivity index (χ4v) is 5.70. The van der Waals surface area contributed by atoms with Crippen LogP contribution in [0.5, 0.6) is 0 Å². The SMILES string of the molecule is O=C1CCC(N2C(=O)c3ccc(NCCOCCNCCCONC(=O)c4ccc(F)c(F)c4Nc4ccc(I)cc4F)cc3C2=O)C(=O)N1. The van der Waals surface area contributed by atoms with E-state index in [0.29, 0.717) is 48.5 Å². The molecule has 1 fully saturated rings. The molecule has 17 heteroatoms. The number of imide groups is 2. The maximum Gasteiger partial charge on any atom is 0.277 e. The smallest absolute Gasteiger partial charge is 0.277 e. The Labute approximate surface area is 297 Å².